The van der Waals surface area contributed by atoms with Crippen LogP contribution in [0.2, 0.25) is 0 Å². The molecule has 11 heteroatoms. The lowest BCUT2D eigenvalue weighted by atomic mass is 10.1. The molecule has 0 spiro atoms. The highest BCUT2D eigenvalue weighted by Gasteiger charge is 2.32. The quantitative estimate of drug-likeness (QED) is 0.590. The number of halogens is 3. The predicted molar refractivity (Wildman–Crippen MR) is 101 cm³/mol. The Bertz CT molecular complexity index is 1050. The van der Waals surface area contributed by atoms with Crippen LogP contribution in [-0.4, -0.2) is 44.0 Å². The van der Waals surface area contributed by atoms with Gasteiger partial charge in [-0.1, -0.05) is 6.07 Å². The molecule has 1 atom stereocenters. The molecule has 0 aliphatic heterocycles. The Labute approximate surface area is 169 Å². The summed E-state index contributed by atoms with van der Waals surface area (Å²) in [5.74, 6) is -0.951. The number of carbonyl (C=O) groups is 1. The topological polar surface area (TPSA) is 102 Å². The van der Waals surface area contributed by atoms with Crippen LogP contribution >= 0.6 is 0 Å². The van der Waals surface area contributed by atoms with E-state index in [9.17, 15) is 23.1 Å². The Morgan fingerprint density at radius 1 is 1.30 bits per heavy atom. The number of nitrogens with zero attached hydrogens (tertiary/aromatic N) is 4. The molecule has 0 saturated heterocycles. The van der Waals surface area contributed by atoms with E-state index in [0.29, 0.717) is 11.3 Å². The summed E-state index contributed by atoms with van der Waals surface area (Å²) in [6, 6.07) is 6.09. The highest BCUT2D eigenvalue weighted by atomic mass is 19.4. The maximum atomic E-state index is 12.8. The van der Waals surface area contributed by atoms with Crippen LogP contribution in [0.4, 0.5) is 24.8 Å². The molecule has 0 aliphatic carbocycles. The molecule has 2 heterocycles. The Kier molecular flexibility index (Phi) is 6.01. The Hall–Kier alpha value is -3.47. The molecule has 0 fully saturated rings. The number of hydrogen-bond acceptors (Lipinski definition) is 7. The number of alkyl halides is 3. The van der Waals surface area contributed by atoms with E-state index in [0.717, 1.165) is 23.4 Å². The highest BCUT2D eigenvalue weighted by molar-refractivity contribution is 5.74. The van der Waals surface area contributed by atoms with Gasteiger partial charge in [-0.3, -0.25) is 4.68 Å². The third kappa shape index (κ3) is 5.11. The fraction of sp³-hybridized carbons (Fsp3) is 0.263. The third-order valence-corrected chi connectivity index (χ3v) is 4.08. The molecular weight excluding hydrogens is 403 g/mol. The van der Waals surface area contributed by atoms with Gasteiger partial charge in [0, 0.05) is 23.6 Å². The standard InChI is InChI=1S/C19H18F3N5O3/c1-11-5-12(13-8-24-27(9-13)10-15(28)17(29)30-2)7-14(6-11)25-18-23-4-3-16(26-18)19(20,21)22/h3-9,15,28H,10H2,1-2H3,(H,23,25,26)/t15-/m1/s1. The molecule has 8 nitrogen and oxygen atoms in total. The molecule has 1 aromatic carbocycles. The second-order valence-electron chi connectivity index (χ2n) is 6.47. The minimum Gasteiger partial charge on any atom is -0.467 e. The minimum absolute atomic E-state index is 0.0817. The number of carbonyl (C=O) groups excluding carboxylic acids is 1. The normalized spacial score (nSPS) is 12.5. The average Bonchev–Trinajstić information content (AvgIpc) is 3.15. The molecule has 0 amide bonds. The zero-order chi connectivity index (χ0) is 21.9. The maximum absolute atomic E-state index is 12.8. The molecule has 0 radical (unpaired) electrons. The van der Waals surface area contributed by atoms with E-state index in [4.69, 9.17) is 0 Å². The van der Waals surface area contributed by atoms with Crippen molar-refractivity contribution in [1.29, 1.82) is 0 Å². The largest absolute Gasteiger partial charge is 0.467 e. The second-order valence-corrected chi connectivity index (χ2v) is 6.47. The van der Waals surface area contributed by atoms with E-state index >= 15 is 0 Å². The summed E-state index contributed by atoms with van der Waals surface area (Å²) in [6.07, 6.45) is -1.71. The number of nitrogens with one attached hydrogen (secondary N) is 1. The van der Waals surface area contributed by atoms with Crippen molar-refractivity contribution >= 4 is 17.6 Å². The highest BCUT2D eigenvalue weighted by Crippen LogP contribution is 2.29. The SMILES string of the molecule is COC(=O)[C@H](O)Cn1cc(-c2cc(C)cc(Nc3nccc(C(F)(F)F)n3)c2)cn1. The van der Waals surface area contributed by atoms with Gasteiger partial charge in [0.05, 0.1) is 19.9 Å². The molecular formula is C19H18F3N5O3. The fourth-order valence-electron chi connectivity index (χ4n) is 2.73. The number of methoxy groups -OCH3 is 1. The number of anilines is 2. The first kappa shape index (κ1) is 21.2. The van der Waals surface area contributed by atoms with Crippen LogP contribution in [-0.2, 0) is 22.3 Å². The van der Waals surface area contributed by atoms with E-state index in [1.165, 1.54) is 11.8 Å². The van der Waals surface area contributed by atoms with Crippen LogP contribution < -0.4 is 5.32 Å². The van der Waals surface area contributed by atoms with Gasteiger partial charge in [0.1, 0.15) is 5.69 Å². The first-order valence-electron chi connectivity index (χ1n) is 8.73. The van der Waals surface area contributed by atoms with Crippen LogP contribution in [0.15, 0.2) is 42.9 Å². The number of aliphatic hydroxyl groups is 1. The Balaban J connectivity index is 1.82. The van der Waals surface area contributed by atoms with Gasteiger partial charge in [0.2, 0.25) is 5.95 Å². The summed E-state index contributed by atoms with van der Waals surface area (Å²) in [6.45, 7) is 1.74. The van der Waals surface area contributed by atoms with E-state index in [1.54, 1.807) is 24.5 Å². The molecule has 0 unspecified atom stereocenters. The van der Waals surface area contributed by atoms with E-state index in [1.807, 2.05) is 13.0 Å². The second kappa shape index (κ2) is 8.49. The van der Waals surface area contributed by atoms with E-state index < -0.39 is 23.9 Å². The van der Waals surface area contributed by atoms with Crippen molar-refractivity contribution in [3.8, 4) is 11.1 Å². The van der Waals surface area contributed by atoms with Crippen LogP contribution in [0.5, 0.6) is 0 Å². The lowest BCUT2D eigenvalue weighted by molar-refractivity contribution is -0.151. The predicted octanol–water partition coefficient (Wildman–Crippen LogP) is 2.94. The number of esters is 1. The van der Waals surface area contributed by atoms with Crippen molar-refractivity contribution in [2.75, 3.05) is 12.4 Å². The van der Waals surface area contributed by atoms with Crippen molar-refractivity contribution in [2.24, 2.45) is 0 Å². The molecule has 3 aromatic rings. The first-order valence-corrected chi connectivity index (χ1v) is 8.73. The summed E-state index contributed by atoms with van der Waals surface area (Å²) in [5, 5.41) is 16.6. The molecule has 0 aliphatic rings. The van der Waals surface area contributed by atoms with Gasteiger partial charge in [-0.05, 0) is 36.2 Å². The number of aryl methyl sites for hydroxylation is 1. The fourth-order valence-corrected chi connectivity index (χ4v) is 2.73. The lowest BCUT2D eigenvalue weighted by Crippen LogP contribution is -2.27. The zero-order valence-corrected chi connectivity index (χ0v) is 16.0. The monoisotopic (exact) mass is 421 g/mol. The van der Waals surface area contributed by atoms with Crippen molar-refractivity contribution < 1.29 is 27.8 Å². The third-order valence-electron chi connectivity index (χ3n) is 4.08. The average molecular weight is 421 g/mol. The minimum atomic E-state index is -4.57. The van der Waals surface area contributed by atoms with E-state index in [-0.39, 0.29) is 12.5 Å². The zero-order valence-electron chi connectivity index (χ0n) is 16.0. The van der Waals surface area contributed by atoms with Crippen molar-refractivity contribution in [1.82, 2.24) is 19.7 Å². The Morgan fingerprint density at radius 2 is 2.07 bits per heavy atom. The van der Waals surface area contributed by atoms with Crippen LogP contribution in [0.25, 0.3) is 11.1 Å². The molecule has 158 valence electrons. The van der Waals surface area contributed by atoms with Crippen LogP contribution in [0.3, 0.4) is 0 Å². The number of aromatic nitrogens is 4. The van der Waals surface area contributed by atoms with E-state index in [2.05, 4.69) is 25.1 Å². The smallest absolute Gasteiger partial charge is 0.433 e. The summed E-state index contributed by atoms with van der Waals surface area (Å²) >= 11 is 0. The maximum Gasteiger partial charge on any atom is 0.433 e. The van der Waals surface area contributed by atoms with Gasteiger partial charge in [0.25, 0.3) is 0 Å². The summed E-state index contributed by atoms with van der Waals surface area (Å²) in [7, 11) is 1.18. The van der Waals surface area contributed by atoms with Crippen LogP contribution in [0.1, 0.15) is 11.3 Å². The summed E-state index contributed by atoms with van der Waals surface area (Å²) in [5.41, 5.74) is 1.70. The van der Waals surface area contributed by atoms with Gasteiger partial charge in [0.15, 0.2) is 6.10 Å². The number of ether oxygens (including phenoxy) is 1. The summed E-state index contributed by atoms with van der Waals surface area (Å²) in [4.78, 5) is 18.7. The van der Waals surface area contributed by atoms with Gasteiger partial charge < -0.3 is 15.2 Å². The van der Waals surface area contributed by atoms with Gasteiger partial charge >= 0.3 is 12.1 Å². The van der Waals surface area contributed by atoms with Gasteiger partial charge in [-0.2, -0.15) is 18.3 Å². The van der Waals surface area contributed by atoms with Crippen LogP contribution in [0, 0.1) is 6.92 Å². The molecule has 2 N–H and O–H groups in total. The first-order chi connectivity index (χ1) is 14.2. The molecule has 0 saturated carbocycles. The number of hydrogen-bond donors (Lipinski definition) is 2. The van der Waals surface area contributed by atoms with Crippen molar-refractivity contribution in [3.05, 3.63) is 54.1 Å². The molecule has 2 aromatic heterocycles. The van der Waals surface area contributed by atoms with Crippen molar-refractivity contribution in [2.45, 2.75) is 25.7 Å². The van der Waals surface area contributed by atoms with Gasteiger partial charge in [-0.15, -0.1) is 0 Å². The molecule has 0 bridgehead atoms. The lowest BCUT2D eigenvalue weighted by Gasteiger charge is -2.10. The van der Waals surface area contributed by atoms with Crippen molar-refractivity contribution in [3.63, 3.8) is 0 Å². The molecule has 3 rings (SSSR count). The number of rotatable bonds is 6. The molecule has 30 heavy (non-hydrogen) atoms. The summed E-state index contributed by atoms with van der Waals surface area (Å²) < 4.78 is 44.4. The Morgan fingerprint density at radius 3 is 2.77 bits per heavy atom. The number of aliphatic hydroxyl groups excluding tert-OH is 1. The number of benzene rings is 1. The van der Waals surface area contributed by atoms with Gasteiger partial charge in [-0.25, -0.2) is 14.8 Å².